The molecule has 3 heterocycles. The van der Waals surface area contributed by atoms with Gasteiger partial charge in [-0.25, -0.2) is 9.18 Å². The molecule has 2 amide bonds. The lowest BCUT2D eigenvalue weighted by Crippen LogP contribution is -2.49. The predicted octanol–water partition coefficient (Wildman–Crippen LogP) is 1.59. The minimum Gasteiger partial charge on any atom is -0.442 e. The highest BCUT2D eigenvalue weighted by Gasteiger charge is 2.33. The highest BCUT2D eigenvalue weighted by Crippen LogP contribution is 2.30. The number of carbonyl (C=O) groups excluding carboxylic acids is 2. The summed E-state index contributed by atoms with van der Waals surface area (Å²) < 4.78 is 25.6. The highest BCUT2D eigenvalue weighted by molar-refractivity contribution is 5.90. The van der Waals surface area contributed by atoms with Crippen LogP contribution in [-0.2, 0) is 14.3 Å². The second kappa shape index (κ2) is 9.18. The van der Waals surface area contributed by atoms with Crippen LogP contribution >= 0.6 is 0 Å². The van der Waals surface area contributed by atoms with Crippen LogP contribution in [0.25, 0.3) is 0 Å². The normalized spacial score (nSPS) is 23.5. The molecule has 1 atom stereocenters. The van der Waals surface area contributed by atoms with Gasteiger partial charge >= 0.3 is 6.09 Å². The zero-order chi connectivity index (χ0) is 21.1. The van der Waals surface area contributed by atoms with Crippen molar-refractivity contribution >= 4 is 23.4 Å². The molecule has 3 fully saturated rings. The largest absolute Gasteiger partial charge is 0.442 e. The molecule has 0 bridgehead atoms. The van der Waals surface area contributed by atoms with Crippen LogP contribution in [0.1, 0.15) is 19.8 Å². The van der Waals surface area contributed by atoms with Crippen molar-refractivity contribution in [1.29, 1.82) is 0 Å². The summed E-state index contributed by atoms with van der Waals surface area (Å²) in [5.41, 5.74) is 1.04. The van der Waals surface area contributed by atoms with Crippen molar-refractivity contribution in [2.24, 2.45) is 0 Å². The first-order chi connectivity index (χ1) is 14.5. The van der Waals surface area contributed by atoms with E-state index in [9.17, 15) is 14.0 Å². The smallest absolute Gasteiger partial charge is 0.414 e. The summed E-state index contributed by atoms with van der Waals surface area (Å²) in [4.78, 5) is 29.2. The number of carbonyl (C=O) groups is 2. The number of benzene rings is 1. The SMILES string of the molecule is CC(=O)NCC1CN(c2ccc(N3CCC(N4CCOCC4)CC3)c(F)c2)C(=O)O1. The number of piperidine rings is 1. The van der Waals surface area contributed by atoms with Gasteiger partial charge in [0.1, 0.15) is 11.9 Å². The Labute approximate surface area is 175 Å². The molecule has 0 radical (unpaired) electrons. The standard InChI is InChI=1S/C21H29FN4O4/c1-15(27)23-13-18-14-26(21(28)30-18)17-2-3-20(19(22)12-17)25-6-4-16(5-7-25)24-8-10-29-11-9-24/h2-3,12,16,18H,4-11,13-14H2,1H3,(H,23,27). The van der Waals surface area contributed by atoms with E-state index < -0.39 is 12.2 Å². The molecule has 4 rings (SSSR count). The number of cyclic esters (lactones) is 1. The molecule has 0 saturated carbocycles. The van der Waals surface area contributed by atoms with Crippen molar-refractivity contribution in [2.75, 3.05) is 62.3 Å². The lowest BCUT2D eigenvalue weighted by molar-refractivity contribution is -0.119. The Balaban J connectivity index is 1.35. The zero-order valence-electron chi connectivity index (χ0n) is 17.3. The number of nitrogens with zero attached hydrogens (tertiary/aromatic N) is 3. The third kappa shape index (κ3) is 4.67. The van der Waals surface area contributed by atoms with Crippen molar-refractivity contribution in [2.45, 2.75) is 31.9 Å². The van der Waals surface area contributed by atoms with E-state index in [1.807, 2.05) is 0 Å². The minimum absolute atomic E-state index is 0.183. The summed E-state index contributed by atoms with van der Waals surface area (Å²) >= 11 is 0. The van der Waals surface area contributed by atoms with E-state index >= 15 is 0 Å². The molecule has 164 valence electrons. The van der Waals surface area contributed by atoms with Gasteiger partial charge in [-0.1, -0.05) is 0 Å². The Morgan fingerprint density at radius 2 is 1.93 bits per heavy atom. The highest BCUT2D eigenvalue weighted by atomic mass is 19.1. The fraction of sp³-hybridized carbons (Fsp3) is 0.619. The number of nitrogens with one attached hydrogen (secondary N) is 1. The molecule has 3 aliphatic heterocycles. The number of rotatable bonds is 5. The van der Waals surface area contributed by atoms with Crippen LogP contribution in [-0.4, -0.2) is 81.5 Å². The topological polar surface area (TPSA) is 74.4 Å². The van der Waals surface area contributed by atoms with Gasteiger partial charge in [-0.15, -0.1) is 0 Å². The lowest BCUT2D eigenvalue weighted by Gasteiger charge is -2.40. The molecule has 9 heteroatoms. The molecule has 3 saturated heterocycles. The average molecular weight is 420 g/mol. The first kappa shape index (κ1) is 20.9. The molecule has 1 aromatic carbocycles. The average Bonchev–Trinajstić information content (AvgIpc) is 3.13. The van der Waals surface area contributed by atoms with E-state index in [2.05, 4.69) is 15.1 Å². The Bertz CT molecular complexity index is 778. The summed E-state index contributed by atoms with van der Waals surface area (Å²) in [5.74, 6) is -0.521. The molecular weight excluding hydrogens is 391 g/mol. The van der Waals surface area contributed by atoms with E-state index in [1.165, 1.54) is 17.9 Å². The third-order valence-electron chi connectivity index (χ3n) is 6.06. The zero-order valence-corrected chi connectivity index (χ0v) is 17.3. The summed E-state index contributed by atoms with van der Waals surface area (Å²) in [6.07, 6.45) is 1.04. The molecule has 3 aliphatic rings. The van der Waals surface area contributed by atoms with Crippen molar-refractivity contribution < 1.29 is 23.5 Å². The molecule has 30 heavy (non-hydrogen) atoms. The monoisotopic (exact) mass is 420 g/mol. The van der Waals surface area contributed by atoms with E-state index in [0.717, 1.165) is 52.2 Å². The number of ether oxygens (including phenoxy) is 2. The van der Waals surface area contributed by atoms with E-state index in [4.69, 9.17) is 9.47 Å². The van der Waals surface area contributed by atoms with Crippen molar-refractivity contribution in [1.82, 2.24) is 10.2 Å². The van der Waals surface area contributed by atoms with Gasteiger partial charge in [0, 0.05) is 39.1 Å². The minimum atomic E-state index is -0.524. The Morgan fingerprint density at radius 3 is 2.60 bits per heavy atom. The number of amides is 2. The molecule has 8 nitrogen and oxygen atoms in total. The van der Waals surface area contributed by atoms with Crippen LogP contribution in [0.5, 0.6) is 0 Å². The van der Waals surface area contributed by atoms with Crippen LogP contribution in [0.3, 0.4) is 0 Å². The van der Waals surface area contributed by atoms with Crippen LogP contribution in [0, 0.1) is 5.82 Å². The van der Waals surface area contributed by atoms with Gasteiger partial charge in [0.05, 0.1) is 37.7 Å². The fourth-order valence-corrected chi connectivity index (χ4v) is 4.43. The molecule has 0 aromatic heterocycles. The summed E-state index contributed by atoms with van der Waals surface area (Å²) in [6.45, 7) is 7.09. The van der Waals surface area contributed by atoms with Gasteiger partial charge in [-0.3, -0.25) is 14.6 Å². The molecule has 1 aromatic rings. The van der Waals surface area contributed by atoms with Crippen LogP contribution in [0.15, 0.2) is 18.2 Å². The van der Waals surface area contributed by atoms with Crippen molar-refractivity contribution in [3.63, 3.8) is 0 Å². The Morgan fingerprint density at radius 1 is 1.20 bits per heavy atom. The van der Waals surface area contributed by atoms with Gasteiger partial charge in [0.15, 0.2) is 0 Å². The van der Waals surface area contributed by atoms with Gasteiger partial charge < -0.3 is 19.7 Å². The third-order valence-corrected chi connectivity index (χ3v) is 6.06. The number of hydrogen-bond acceptors (Lipinski definition) is 6. The predicted molar refractivity (Wildman–Crippen MR) is 110 cm³/mol. The number of hydrogen-bond donors (Lipinski definition) is 1. The van der Waals surface area contributed by atoms with Gasteiger partial charge in [0.25, 0.3) is 0 Å². The first-order valence-electron chi connectivity index (χ1n) is 10.6. The molecule has 1 unspecified atom stereocenters. The summed E-state index contributed by atoms with van der Waals surface area (Å²) in [7, 11) is 0. The van der Waals surface area contributed by atoms with Crippen LogP contribution in [0.4, 0.5) is 20.6 Å². The number of halogens is 1. The van der Waals surface area contributed by atoms with Gasteiger partial charge in [-0.2, -0.15) is 0 Å². The second-order valence-corrected chi connectivity index (χ2v) is 8.06. The van der Waals surface area contributed by atoms with E-state index in [1.54, 1.807) is 12.1 Å². The number of morpholine rings is 1. The quantitative estimate of drug-likeness (QED) is 0.780. The van der Waals surface area contributed by atoms with Gasteiger partial charge in [0.2, 0.25) is 5.91 Å². The fourth-order valence-electron chi connectivity index (χ4n) is 4.43. The summed E-state index contributed by atoms with van der Waals surface area (Å²) in [5, 5.41) is 2.64. The number of anilines is 2. The maximum absolute atomic E-state index is 14.9. The molecular formula is C21H29FN4O4. The van der Waals surface area contributed by atoms with Crippen LogP contribution in [0.2, 0.25) is 0 Å². The van der Waals surface area contributed by atoms with Gasteiger partial charge in [-0.05, 0) is 31.0 Å². The van der Waals surface area contributed by atoms with Crippen molar-refractivity contribution in [3.05, 3.63) is 24.0 Å². The maximum Gasteiger partial charge on any atom is 0.414 e. The summed E-state index contributed by atoms with van der Waals surface area (Å²) in [6, 6.07) is 5.43. The molecule has 1 N–H and O–H groups in total. The Kier molecular flexibility index (Phi) is 6.38. The van der Waals surface area contributed by atoms with Crippen LogP contribution < -0.4 is 15.1 Å². The molecule has 0 spiro atoms. The lowest BCUT2D eigenvalue weighted by atomic mass is 10.0. The van der Waals surface area contributed by atoms with E-state index in [0.29, 0.717) is 17.4 Å². The molecule has 0 aliphatic carbocycles. The maximum atomic E-state index is 14.9. The first-order valence-corrected chi connectivity index (χ1v) is 10.6. The second-order valence-electron chi connectivity index (χ2n) is 8.06. The Hall–Kier alpha value is -2.39. The van der Waals surface area contributed by atoms with Crippen molar-refractivity contribution in [3.8, 4) is 0 Å². The van der Waals surface area contributed by atoms with E-state index in [-0.39, 0.29) is 24.8 Å².